The predicted molar refractivity (Wildman–Crippen MR) is 115 cm³/mol. The second-order valence-corrected chi connectivity index (χ2v) is 7.62. The molecule has 1 aliphatic carbocycles. The minimum absolute atomic E-state index is 0.108. The molecule has 0 aliphatic heterocycles. The number of carboxylic acids is 1. The van der Waals surface area contributed by atoms with Crippen LogP contribution in [0.1, 0.15) is 47.4 Å². The number of hydrogen-bond acceptors (Lipinski definition) is 3. The maximum absolute atomic E-state index is 12.1. The zero-order valence-electron chi connectivity index (χ0n) is 16.4. The molecular weight excluding hydrogens is 364 g/mol. The number of amides is 1. The summed E-state index contributed by atoms with van der Waals surface area (Å²) in [6.45, 7) is 3.61. The molecule has 0 saturated heterocycles. The van der Waals surface area contributed by atoms with E-state index in [9.17, 15) is 14.7 Å². The zero-order valence-corrected chi connectivity index (χ0v) is 16.4. The van der Waals surface area contributed by atoms with Crippen LogP contribution >= 0.6 is 0 Å². The van der Waals surface area contributed by atoms with Gasteiger partial charge >= 0.3 is 5.97 Å². The van der Waals surface area contributed by atoms with Crippen molar-refractivity contribution >= 4 is 40.1 Å². The molecule has 29 heavy (non-hydrogen) atoms. The molecule has 5 nitrogen and oxygen atoms in total. The maximum atomic E-state index is 12.1. The Hall–Kier alpha value is -3.47. The monoisotopic (exact) mass is 386 g/mol. The summed E-state index contributed by atoms with van der Waals surface area (Å²) in [4.78, 5) is 28.1. The van der Waals surface area contributed by atoms with Crippen molar-refractivity contribution in [3.05, 3.63) is 70.9 Å². The molecule has 2 aromatic carbocycles. The van der Waals surface area contributed by atoms with Crippen LogP contribution in [0.2, 0.25) is 0 Å². The average molecular weight is 386 g/mol. The molecule has 4 rings (SSSR count). The predicted octanol–water partition coefficient (Wildman–Crippen LogP) is 5.01. The van der Waals surface area contributed by atoms with Crippen LogP contribution in [0.5, 0.6) is 0 Å². The van der Waals surface area contributed by atoms with E-state index in [1.807, 2.05) is 48.5 Å². The van der Waals surface area contributed by atoms with Crippen molar-refractivity contribution in [3.8, 4) is 0 Å². The second kappa shape index (κ2) is 7.51. The lowest BCUT2D eigenvalue weighted by Gasteiger charge is -2.26. The Kier molecular flexibility index (Phi) is 4.89. The molecule has 1 heterocycles. The molecule has 1 atom stereocenters. The van der Waals surface area contributed by atoms with Gasteiger partial charge in [-0.05, 0) is 59.7 Å². The van der Waals surface area contributed by atoms with E-state index in [-0.39, 0.29) is 5.91 Å². The van der Waals surface area contributed by atoms with Gasteiger partial charge in [0.15, 0.2) is 0 Å². The van der Waals surface area contributed by atoms with E-state index in [1.165, 1.54) is 6.92 Å². The molecule has 0 bridgehead atoms. The van der Waals surface area contributed by atoms with Gasteiger partial charge in [0.2, 0.25) is 5.91 Å². The van der Waals surface area contributed by atoms with Crippen molar-refractivity contribution in [1.29, 1.82) is 0 Å². The van der Waals surface area contributed by atoms with E-state index in [0.717, 1.165) is 34.5 Å². The number of anilines is 1. The molecule has 1 aliphatic rings. The van der Waals surface area contributed by atoms with Crippen LogP contribution < -0.4 is 5.32 Å². The Bertz CT molecular complexity index is 1150. The smallest absolute Gasteiger partial charge is 0.336 e. The fourth-order valence-corrected chi connectivity index (χ4v) is 4.05. The minimum Gasteiger partial charge on any atom is -0.478 e. The molecule has 0 fully saturated rings. The number of fused-ring (bicyclic) bond motifs is 2. The summed E-state index contributed by atoms with van der Waals surface area (Å²) in [5.74, 6) is -0.690. The second-order valence-electron chi connectivity index (χ2n) is 7.62. The highest BCUT2D eigenvalue weighted by molar-refractivity contribution is 6.06. The number of carboxylic acid groups (broad SMARTS) is 1. The number of nitrogens with one attached hydrogen (secondary N) is 1. The number of allylic oxidation sites excluding steroid dienone is 1. The van der Waals surface area contributed by atoms with E-state index in [1.54, 1.807) is 0 Å². The maximum Gasteiger partial charge on any atom is 0.336 e. The molecular formula is C24H22N2O3. The van der Waals surface area contributed by atoms with E-state index in [0.29, 0.717) is 28.8 Å². The van der Waals surface area contributed by atoms with Gasteiger partial charge in [0, 0.05) is 18.0 Å². The molecule has 1 unspecified atom stereocenters. The number of benzene rings is 2. The SMILES string of the molecule is CC(=O)Nc1ccc(/C=C2\CC(C)Cc3c2nc2ccccc2c3C(=O)O)cc1. The van der Waals surface area contributed by atoms with E-state index < -0.39 is 5.97 Å². The van der Waals surface area contributed by atoms with Crippen LogP contribution in [-0.4, -0.2) is 22.0 Å². The standard InChI is InChI=1S/C24H22N2O3/c1-14-11-17(13-16-7-9-18(10-8-16)25-15(2)27)23-20(12-14)22(24(28)29)19-5-3-4-6-21(19)26-23/h3-10,13-14H,11-12H2,1-2H3,(H,25,27)(H,28,29)/b17-13+. The van der Waals surface area contributed by atoms with Crippen LogP contribution in [0.25, 0.3) is 22.6 Å². The fraction of sp³-hybridized carbons (Fsp3) is 0.208. The summed E-state index contributed by atoms with van der Waals surface area (Å²) in [5, 5.41) is 13.4. The van der Waals surface area contributed by atoms with Gasteiger partial charge in [-0.1, -0.05) is 37.3 Å². The lowest BCUT2D eigenvalue weighted by Crippen LogP contribution is -2.17. The Morgan fingerprint density at radius 3 is 2.52 bits per heavy atom. The number of para-hydroxylation sites is 1. The summed E-state index contributed by atoms with van der Waals surface area (Å²) < 4.78 is 0. The molecule has 0 radical (unpaired) electrons. The van der Waals surface area contributed by atoms with E-state index >= 15 is 0 Å². The number of hydrogen-bond donors (Lipinski definition) is 2. The van der Waals surface area contributed by atoms with E-state index in [4.69, 9.17) is 4.98 Å². The highest BCUT2D eigenvalue weighted by Gasteiger charge is 2.27. The molecule has 146 valence electrons. The number of nitrogens with zero attached hydrogens (tertiary/aromatic N) is 1. The third kappa shape index (κ3) is 3.76. The van der Waals surface area contributed by atoms with Crippen LogP contribution in [-0.2, 0) is 11.2 Å². The lowest BCUT2D eigenvalue weighted by molar-refractivity contribution is -0.114. The summed E-state index contributed by atoms with van der Waals surface area (Å²) >= 11 is 0. The number of rotatable bonds is 3. The van der Waals surface area contributed by atoms with Crippen LogP contribution in [0.4, 0.5) is 5.69 Å². The fourth-order valence-electron chi connectivity index (χ4n) is 4.05. The van der Waals surface area contributed by atoms with Crippen molar-refractivity contribution in [2.75, 3.05) is 5.32 Å². The number of aromatic carboxylic acids is 1. The molecule has 0 spiro atoms. The Balaban J connectivity index is 1.84. The highest BCUT2D eigenvalue weighted by Crippen LogP contribution is 2.38. The topological polar surface area (TPSA) is 79.3 Å². The zero-order chi connectivity index (χ0) is 20.5. The van der Waals surface area contributed by atoms with Gasteiger partial charge in [0.25, 0.3) is 0 Å². The van der Waals surface area contributed by atoms with Gasteiger partial charge in [0.1, 0.15) is 0 Å². The first-order valence-electron chi connectivity index (χ1n) is 9.66. The number of carbonyl (C=O) groups is 2. The number of carbonyl (C=O) groups excluding carboxylic acids is 1. The first-order chi connectivity index (χ1) is 13.9. The Labute approximate surface area is 169 Å². The molecule has 0 saturated carbocycles. The molecule has 1 aromatic heterocycles. The summed E-state index contributed by atoms with van der Waals surface area (Å²) in [5.41, 5.74) is 5.44. The van der Waals surface area contributed by atoms with Crippen LogP contribution in [0, 0.1) is 5.92 Å². The molecule has 2 N–H and O–H groups in total. The molecule has 1 amide bonds. The van der Waals surface area contributed by atoms with Gasteiger partial charge in [-0.15, -0.1) is 0 Å². The number of aromatic nitrogens is 1. The van der Waals surface area contributed by atoms with Gasteiger partial charge < -0.3 is 10.4 Å². The third-order valence-electron chi connectivity index (χ3n) is 5.20. The van der Waals surface area contributed by atoms with Crippen molar-refractivity contribution in [2.24, 2.45) is 5.92 Å². The minimum atomic E-state index is -0.909. The van der Waals surface area contributed by atoms with Gasteiger partial charge in [0.05, 0.1) is 16.8 Å². The molecule has 3 aromatic rings. The first-order valence-corrected chi connectivity index (χ1v) is 9.66. The van der Waals surface area contributed by atoms with Gasteiger partial charge in [-0.3, -0.25) is 4.79 Å². The normalized spacial score (nSPS) is 17.2. The van der Waals surface area contributed by atoms with Crippen molar-refractivity contribution in [3.63, 3.8) is 0 Å². The number of pyridine rings is 1. The quantitative estimate of drug-likeness (QED) is 0.663. The summed E-state index contributed by atoms with van der Waals surface area (Å²) in [6, 6.07) is 15.0. The Morgan fingerprint density at radius 1 is 1.10 bits per heavy atom. The van der Waals surface area contributed by atoms with Gasteiger partial charge in [-0.25, -0.2) is 9.78 Å². The summed E-state index contributed by atoms with van der Waals surface area (Å²) in [6.07, 6.45) is 3.61. The first kappa shape index (κ1) is 18.9. The molecule has 5 heteroatoms. The van der Waals surface area contributed by atoms with E-state index in [2.05, 4.69) is 18.3 Å². The van der Waals surface area contributed by atoms with Gasteiger partial charge in [-0.2, -0.15) is 0 Å². The largest absolute Gasteiger partial charge is 0.478 e. The Morgan fingerprint density at radius 2 is 1.83 bits per heavy atom. The third-order valence-corrected chi connectivity index (χ3v) is 5.20. The van der Waals surface area contributed by atoms with Crippen molar-refractivity contribution in [1.82, 2.24) is 4.98 Å². The van der Waals surface area contributed by atoms with Crippen molar-refractivity contribution < 1.29 is 14.7 Å². The van der Waals surface area contributed by atoms with Crippen LogP contribution in [0.15, 0.2) is 48.5 Å². The average Bonchev–Trinajstić information content (AvgIpc) is 2.67. The lowest BCUT2D eigenvalue weighted by atomic mass is 9.80. The van der Waals surface area contributed by atoms with Crippen molar-refractivity contribution in [2.45, 2.75) is 26.7 Å². The summed E-state index contributed by atoms with van der Waals surface area (Å²) in [7, 11) is 0. The highest BCUT2D eigenvalue weighted by atomic mass is 16.4. The van der Waals surface area contributed by atoms with Crippen LogP contribution in [0.3, 0.4) is 0 Å².